The number of rotatable bonds is 0. The number of imidazole rings is 1. The topological polar surface area (TPSA) is 64.8 Å². The molecule has 2 heterocycles. The average molecular weight is 246 g/mol. The van der Waals surface area contributed by atoms with Crippen molar-refractivity contribution in [1.29, 1.82) is 5.26 Å². The van der Waals surface area contributed by atoms with Gasteiger partial charge in [0, 0.05) is 37.8 Å². The van der Waals surface area contributed by atoms with E-state index in [1.165, 1.54) is 0 Å². The number of nitrogens with zero attached hydrogens (tertiary/aromatic N) is 3. The Hall–Kier alpha value is -1.60. The zero-order valence-corrected chi connectivity index (χ0v) is 7.72. The number of nitrogens with one attached hydrogen (secondary N) is 1. The summed E-state index contributed by atoms with van der Waals surface area (Å²) in [4.78, 5) is 10.2. The van der Waals surface area contributed by atoms with Crippen LogP contribution >= 0.6 is 0 Å². The van der Waals surface area contributed by atoms with Crippen molar-refractivity contribution >= 4 is 6.21 Å². The molecule has 94 valence electrons. The highest BCUT2D eigenvalue weighted by Gasteiger charge is 1.73. The SMILES string of the molecule is C.C.C.C#N.C1=CN=CC1.[Cl-].c1c[nH]cn1. The van der Waals surface area contributed by atoms with Crippen molar-refractivity contribution in [2.75, 3.05) is 0 Å². The number of aromatic nitrogens is 2. The highest BCUT2D eigenvalue weighted by Crippen LogP contribution is 1.86. The molecule has 0 amide bonds. The number of H-pyrrole nitrogens is 1. The lowest BCUT2D eigenvalue weighted by Gasteiger charge is -1.54. The largest absolute Gasteiger partial charge is 1.00 e. The van der Waals surface area contributed by atoms with Crippen LogP contribution in [0.2, 0.25) is 0 Å². The van der Waals surface area contributed by atoms with E-state index in [-0.39, 0.29) is 34.7 Å². The average Bonchev–Trinajstić information content (AvgIpc) is 2.87. The van der Waals surface area contributed by atoms with Gasteiger partial charge in [0.25, 0.3) is 0 Å². The zero-order valence-electron chi connectivity index (χ0n) is 6.97. The smallest absolute Gasteiger partial charge is 0.0919 e. The van der Waals surface area contributed by atoms with E-state index in [4.69, 9.17) is 5.26 Å². The van der Waals surface area contributed by atoms with Gasteiger partial charge >= 0.3 is 0 Å². The lowest BCUT2D eigenvalue weighted by atomic mass is 10.5. The fraction of sp³-hybridized carbons (Fsp3) is 0.364. The Labute approximate surface area is 106 Å². The summed E-state index contributed by atoms with van der Waals surface area (Å²) in [5.41, 5.74) is 0. The Kier molecular flexibility index (Phi) is 53.4. The summed E-state index contributed by atoms with van der Waals surface area (Å²) in [5.74, 6) is 0. The summed E-state index contributed by atoms with van der Waals surface area (Å²) in [7, 11) is 0. The molecule has 0 aromatic carbocycles. The van der Waals surface area contributed by atoms with Crippen molar-refractivity contribution in [1.82, 2.24) is 9.97 Å². The molecule has 1 aromatic rings. The van der Waals surface area contributed by atoms with Gasteiger partial charge in [-0.15, -0.1) is 0 Å². The summed E-state index contributed by atoms with van der Waals surface area (Å²) in [5, 5.41) is 6.50. The van der Waals surface area contributed by atoms with Crippen molar-refractivity contribution < 1.29 is 12.4 Å². The van der Waals surface area contributed by atoms with Gasteiger partial charge in [-0.1, -0.05) is 28.4 Å². The Morgan fingerprint density at radius 1 is 1.19 bits per heavy atom. The van der Waals surface area contributed by atoms with Crippen molar-refractivity contribution in [3.63, 3.8) is 0 Å². The minimum absolute atomic E-state index is 0. The van der Waals surface area contributed by atoms with Crippen LogP contribution < -0.4 is 12.4 Å². The van der Waals surface area contributed by atoms with Crippen molar-refractivity contribution in [3.8, 4) is 6.57 Å². The maximum absolute atomic E-state index is 6.50. The van der Waals surface area contributed by atoms with E-state index in [2.05, 4.69) is 21.5 Å². The molecule has 0 aliphatic carbocycles. The number of halogens is 1. The van der Waals surface area contributed by atoms with E-state index in [1.807, 2.05) is 12.3 Å². The quantitative estimate of drug-likeness (QED) is 0.721. The number of allylic oxidation sites excluding steroid dienone is 1. The van der Waals surface area contributed by atoms with E-state index in [0.717, 1.165) is 6.42 Å². The number of aromatic amines is 1. The van der Waals surface area contributed by atoms with E-state index in [9.17, 15) is 0 Å². The molecule has 16 heavy (non-hydrogen) atoms. The predicted molar refractivity (Wildman–Crippen MR) is 67.7 cm³/mol. The Morgan fingerprint density at radius 3 is 1.94 bits per heavy atom. The molecule has 2 rings (SSSR count). The van der Waals surface area contributed by atoms with Crippen LogP contribution in [-0.4, -0.2) is 16.2 Å². The van der Waals surface area contributed by atoms with Crippen LogP contribution in [-0.2, 0) is 0 Å². The van der Waals surface area contributed by atoms with Crippen LogP contribution in [0.15, 0.2) is 36.0 Å². The normalized spacial score (nSPS) is 8.12. The van der Waals surface area contributed by atoms with Crippen molar-refractivity contribution in [2.45, 2.75) is 28.7 Å². The van der Waals surface area contributed by atoms with Crippen molar-refractivity contribution in [3.05, 3.63) is 31.0 Å². The fourth-order valence-electron chi connectivity index (χ4n) is 0.519. The lowest BCUT2D eigenvalue weighted by Crippen LogP contribution is -3.00. The summed E-state index contributed by atoms with van der Waals surface area (Å²) in [6.07, 6.45) is 11.8. The maximum Gasteiger partial charge on any atom is 0.0919 e. The summed E-state index contributed by atoms with van der Waals surface area (Å²) >= 11 is 0. The molecular formula is C11H22ClN4-. The first-order valence-electron chi connectivity index (χ1n) is 3.35. The van der Waals surface area contributed by atoms with Gasteiger partial charge in [-0.25, -0.2) is 10.2 Å². The van der Waals surface area contributed by atoms with Gasteiger partial charge in [0.2, 0.25) is 0 Å². The number of nitriles is 1. The Bertz CT molecular complexity index is 213. The van der Waals surface area contributed by atoms with E-state index in [1.54, 1.807) is 24.9 Å². The van der Waals surface area contributed by atoms with Gasteiger partial charge in [-0.3, -0.25) is 4.99 Å². The number of hydrogen-bond donors (Lipinski definition) is 1. The van der Waals surface area contributed by atoms with Gasteiger partial charge in [0.05, 0.1) is 6.33 Å². The van der Waals surface area contributed by atoms with Crippen molar-refractivity contribution in [2.24, 2.45) is 4.99 Å². The fourth-order valence-corrected chi connectivity index (χ4v) is 0.519. The van der Waals surface area contributed by atoms with Gasteiger partial charge < -0.3 is 17.4 Å². The molecule has 0 bridgehead atoms. The standard InChI is InChI=1S/C4H5N.C3H4N2.CHN.3CH4.ClH/c1-2-4-5-3-1;1-2-5-3-4-1;1-2;;;;/h1,3-4H,2H2;1-3H,(H,4,5);1H;3*1H4;1H/p-1. The molecule has 0 saturated carbocycles. The number of hydrogen-bond acceptors (Lipinski definition) is 3. The third-order valence-electron chi connectivity index (χ3n) is 0.944. The van der Waals surface area contributed by atoms with E-state index >= 15 is 0 Å². The molecule has 1 aliphatic rings. The van der Waals surface area contributed by atoms with Crippen LogP contribution in [0.4, 0.5) is 0 Å². The Balaban J connectivity index is -0.0000000360. The van der Waals surface area contributed by atoms with Gasteiger partial charge in [0.15, 0.2) is 0 Å². The van der Waals surface area contributed by atoms with Crippen LogP contribution in [0.25, 0.3) is 0 Å². The first-order valence-corrected chi connectivity index (χ1v) is 3.35. The van der Waals surface area contributed by atoms with Gasteiger partial charge in [0.1, 0.15) is 0 Å². The highest BCUT2D eigenvalue weighted by molar-refractivity contribution is 5.62. The summed E-state index contributed by atoms with van der Waals surface area (Å²) < 4.78 is 0. The molecular weight excluding hydrogens is 224 g/mol. The molecule has 1 aliphatic heterocycles. The second-order valence-corrected chi connectivity index (χ2v) is 1.71. The van der Waals surface area contributed by atoms with Crippen LogP contribution in [0.5, 0.6) is 0 Å². The molecule has 0 spiro atoms. The third kappa shape index (κ3) is 22.8. The minimum atomic E-state index is 0. The predicted octanol–water partition coefficient (Wildman–Crippen LogP) is 0.436. The summed E-state index contributed by atoms with van der Waals surface area (Å²) in [6.45, 7) is 3.50. The molecule has 1 N–H and O–H groups in total. The molecule has 0 unspecified atom stereocenters. The summed E-state index contributed by atoms with van der Waals surface area (Å²) in [6, 6.07) is 0. The number of aliphatic imine (C=N–C) groups is 1. The minimum Gasteiger partial charge on any atom is -1.00 e. The van der Waals surface area contributed by atoms with E-state index in [0.29, 0.717) is 0 Å². The van der Waals surface area contributed by atoms with Crippen LogP contribution in [0.3, 0.4) is 0 Å². The lowest BCUT2D eigenvalue weighted by molar-refractivity contribution is -0.00000408. The molecule has 5 heteroatoms. The van der Waals surface area contributed by atoms with E-state index < -0.39 is 0 Å². The molecule has 1 aromatic heterocycles. The maximum atomic E-state index is 6.50. The van der Waals surface area contributed by atoms with Crippen LogP contribution in [0, 0.1) is 11.8 Å². The van der Waals surface area contributed by atoms with Gasteiger partial charge in [-0.2, -0.15) is 0 Å². The first-order chi connectivity index (χ1) is 6.00. The molecule has 0 radical (unpaired) electrons. The zero-order chi connectivity index (χ0) is 9.07. The second kappa shape index (κ2) is 29.2. The molecule has 0 fully saturated rings. The highest BCUT2D eigenvalue weighted by atomic mass is 35.5. The first kappa shape index (κ1) is 29.3. The molecule has 4 nitrogen and oxygen atoms in total. The second-order valence-electron chi connectivity index (χ2n) is 1.71. The molecule has 0 atom stereocenters. The Morgan fingerprint density at radius 2 is 1.81 bits per heavy atom. The van der Waals surface area contributed by atoms with Gasteiger partial charge in [-0.05, 0) is 0 Å². The monoisotopic (exact) mass is 245 g/mol. The molecule has 0 saturated heterocycles. The third-order valence-corrected chi connectivity index (χ3v) is 0.944. The van der Waals surface area contributed by atoms with Crippen LogP contribution in [0.1, 0.15) is 28.7 Å².